The van der Waals surface area contributed by atoms with Crippen LogP contribution in [0.5, 0.6) is 5.75 Å². The molecule has 0 saturated carbocycles. The number of fused-ring (bicyclic) bond motifs is 1. The van der Waals surface area contributed by atoms with Gasteiger partial charge in [-0.2, -0.15) is 5.26 Å². The van der Waals surface area contributed by atoms with Gasteiger partial charge >= 0.3 is 0 Å². The zero-order chi connectivity index (χ0) is 16.2. The first kappa shape index (κ1) is 15.5. The minimum absolute atomic E-state index is 0.179. The van der Waals surface area contributed by atoms with Crippen LogP contribution >= 0.6 is 0 Å². The zero-order valence-corrected chi connectivity index (χ0v) is 13.1. The zero-order valence-electron chi connectivity index (χ0n) is 13.1. The highest BCUT2D eigenvalue weighted by Crippen LogP contribution is 2.29. The average molecular weight is 310 g/mol. The summed E-state index contributed by atoms with van der Waals surface area (Å²) in [5.41, 5.74) is 2.90. The van der Waals surface area contributed by atoms with Gasteiger partial charge in [-0.15, -0.1) is 0 Å². The normalized spacial score (nSPS) is 17.3. The van der Waals surface area contributed by atoms with Gasteiger partial charge in [0.15, 0.2) is 0 Å². The van der Waals surface area contributed by atoms with Crippen LogP contribution in [0.3, 0.4) is 0 Å². The molecule has 118 valence electrons. The lowest BCUT2D eigenvalue weighted by Crippen LogP contribution is -2.36. The van der Waals surface area contributed by atoms with Gasteiger partial charge in [-0.3, -0.25) is 4.90 Å². The van der Waals surface area contributed by atoms with Gasteiger partial charge in [-0.1, -0.05) is 12.1 Å². The largest absolute Gasteiger partial charge is 0.492 e. The van der Waals surface area contributed by atoms with E-state index in [1.807, 2.05) is 18.2 Å². The fourth-order valence-electron chi connectivity index (χ4n) is 3.08. The van der Waals surface area contributed by atoms with Crippen LogP contribution in [0.2, 0.25) is 0 Å². The van der Waals surface area contributed by atoms with Crippen molar-refractivity contribution in [2.45, 2.75) is 19.4 Å². The Hall–Kier alpha value is -2.38. The van der Waals surface area contributed by atoms with Gasteiger partial charge in [0, 0.05) is 19.1 Å². The molecule has 0 spiro atoms. The summed E-state index contributed by atoms with van der Waals surface area (Å²) in [6.07, 6.45) is 0.934. The van der Waals surface area contributed by atoms with E-state index in [4.69, 9.17) is 10.00 Å². The summed E-state index contributed by atoms with van der Waals surface area (Å²) in [6, 6.07) is 14.5. The molecule has 1 unspecified atom stereocenters. The van der Waals surface area contributed by atoms with Gasteiger partial charge in [0.1, 0.15) is 18.2 Å². The average Bonchev–Trinajstić information content (AvgIpc) is 2.57. The lowest BCUT2D eigenvalue weighted by atomic mass is 9.93. The quantitative estimate of drug-likeness (QED) is 0.864. The van der Waals surface area contributed by atoms with E-state index >= 15 is 0 Å². The number of halogens is 1. The molecule has 2 aromatic carbocycles. The molecule has 3 nitrogen and oxygen atoms in total. The molecule has 1 aliphatic rings. The molecular weight excluding hydrogens is 291 g/mol. The SMILES string of the molecule is CC1c2cc(F)ccc2CCN1CCOc1cccc(C#N)c1. The van der Waals surface area contributed by atoms with Gasteiger partial charge in [-0.25, -0.2) is 4.39 Å². The van der Waals surface area contributed by atoms with Crippen molar-refractivity contribution in [2.75, 3.05) is 19.7 Å². The fraction of sp³-hybridized carbons (Fsp3) is 0.316. The summed E-state index contributed by atoms with van der Waals surface area (Å²) in [5, 5.41) is 8.90. The Kier molecular flexibility index (Phi) is 4.59. The number of hydrogen-bond donors (Lipinski definition) is 0. The summed E-state index contributed by atoms with van der Waals surface area (Å²) in [4.78, 5) is 2.30. The third kappa shape index (κ3) is 3.52. The van der Waals surface area contributed by atoms with Gasteiger partial charge in [-0.05, 0) is 54.8 Å². The Morgan fingerprint density at radius 3 is 3.00 bits per heavy atom. The van der Waals surface area contributed by atoms with Gasteiger partial charge < -0.3 is 4.74 Å². The summed E-state index contributed by atoms with van der Waals surface area (Å²) in [6.45, 7) is 4.37. The second-order valence-electron chi connectivity index (χ2n) is 5.79. The monoisotopic (exact) mass is 310 g/mol. The smallest absolute Gasteiger partial charge is 0.123 e. The Morgan fingerprint density at radius 1 is 1.30 bits per heavy atom. The maximum Gasteiger partial charge on any atom is 0.123 e. The van der Waals surface area contributed by atoms with Crippen molar-refractivity contribution in [3.8, 4) is 11.8 Å². The van der Waals surface area contributed by atoms with Gasteiger partial charge in [0.2, 0.25) is 0 Å². The third-order valence-corrected chi connectivity index (χ3v) is 4.38. The van der Waals surface area contributed by atoms with Crippen molar-refractivity contribution in [3.05, 3.63) is 65.0 Å². The number of rotatable bonds is 4. The molecule has 1 atom stereocenters. The molecule has 0 aromatic heterocycles. The minimum atomic E-state index is -0.179. The predicted molar refractivity (Wildman–Crippen MR) is 86.7 cm³/mol. The first-order valence-corrected chi connectivity index (χ1v) is 7.83. The fourth-order valence-corrected chi connectivity index (χ4v) is 3.08. The molecular formula is C19H19FN2O. The highest BCUT2D eigenvalue weighted by Gasteiger charge is 2.23. The first-order valence-electron chi connectivity index (χ1n) is 7.83. The Morgan fingerprint density at radius 2 is 2.17 bits per heavy atom. The standard InChI is InChI=1S/C19H19FN2O/c1-14-19-12-17(20)6-5-16(19)7-8-22(14)9-10-23-18-4-2-3-15(11-18)13-21/h2-6,11-12,14H,7-10H2,1H3. The van der Waals surface area contributed by atoms with Gasteiger partial charge in [0.25, 0.3) is 0 Å². The van der Waals surface area contributed by atoms with E-state index in [1.54, 1.807) is 18.2 Å². The Labute approximate surface area is 135 Å². The summed E-state index contributed by atoms with van der Waals surface area (Å²) in [7, 11) is 0. The number of hydrogen-bond acceptors (Lipinski definition) is 3. The van der Waals surface area contributed by atoms with Crippen molar-refractivity contribution in [2.24, 2.45) is 0 Å². The van der Waals surface area contributed by atoms with Crippen LogP contribution in [-0.2, 0) is 6.42 Å². The van der Waals surface area contributed by atoms with E-state index < -0.39 is 0 Å². The molecule has 2 aromatic rings. The van der Waals surface area contributed by atoms with Crippen molar-refractivity contribution < 1.29 is 9.13 Å². The molecule has 0 bridgehead atoms. The molecule has 0 radical (unpaired) electrons. The molecule has 0 amide bonds. The van der Waals surface area contributed by atoms with Crippen molar-refractivity contribution in [1.29, 1.82) is 5.26 Å². The molecule has 0 saturated heterocycles. The molecule has 1 heterocycles. The summed E-state index contributed by atoms with van der Waals surface area (Å²) in [5.74, 6) is 0.530. The lowest BCUT2D eigenvalue weighted by Gasteiger charge is -2.35. The van der Waals surface area contributed by atoms with E-state index in [9.17, 15) is 4.39 Å². The minimum Gasteiger partial charge on any atom is -0.492 e. The van der Waals surface area contributed by atoms with Crippen molar-refractivity contribution in [3.63, 3.8) is 0 Å². The van der Waals surface area contributed by atoms with Crippen LogP contribution in [0.15, 0.2) is 42.5 Å². The van der Waals surface area contributed by atoms with Crippen LogP contribution in [0.4, 0.5) is 4.39 Å². The van der Waals surface area contributed by atoms with Crippen molar-refractivity contribution in [1.82, 2.24) is 4.90 Å². The van der Waals surface area contributed by atoms with Crippen LogP contribution in [0.25, 0.3) is 0 Å². The van der Waals surface area contributed by atoms with E-state index in [0.717, 1.165) is 25.1 Å². The second kappa shape index (κ2) is 6.80. The molecule has 0 aliphatic carbocycles. The van der Waals surface area contributed by atoms with E-state index in [1.165, 1.54) is 11.6 Å². The molecule has 0 fully saturated rings. The van der Waals surface area contributed by atoms with Crippen LogP contribution in [0, 0.1) is 17.1 Å². The molecule has 0 N–H and O–H groups in total. The van der Waals surface area contributed by atoms with E-state index in [0.29, 0.717) is 17.9 Å². The number of benzene rings is 2. The van der Waals surface area contributed by atoms with E-state index in [-0.39, 0.29) is 11.9 Å². The molecule has 3 rings (SSSR count). The van der Waals surface area contributed by atoms with Crippen LogP contribution < -0.4 is 4.74 Å². The third-order valence-electron chi connectivity index (χ3n) is 4.38. The van der Waals surface area contributed by atoms with Crippen LogP contribution in [0.1, 0.15) is 29.7 Å². The summed E-state index contributed by atoms with van der Waals surface area (Å²) < 4.78 is 19.2. The Bertz CT molecular complexity index is 738. The topological polar surface area (TPSA) is 36.3 Å². The van der Waals surface area contributed by atoms with Crippen molar-refractivity contribution >= 4 is 0 Å². The Balaban J connectivity index is 1.60. The van der Waals surface area contributed by atoms with Gasteiger partial charge in [0.05, 0.1) is 11.6 Å². The highest BCUT2D eigenvalue weighted by molar-refractivity contribution is 5.36. The number of nitriles is 1. The first-order chi connectivity index (χ1) is 11.2. The maximum absolute atomic E-state index is 13.5. The van der Waals surface area contributed by atoms with Crippen LogP contribution in [-0.4, -0.2) is 24.6 Å². The van der Waals surface area contributed by atoms with E-state index in [2.05, 4.69) is 17.9 Å². The highest BCUT2D eigenvalue weighted by atomic mass is 19.1. The summed E-state index contributed by atoms with van der Waals surface area (Å²) >= 11 is 0. The number of nitrogens with zero attached hydrogens (tertiary/aromatic N) is 2. The molecule has 23 heavy (non-hydrogen) atoms. The number of ether oxygens (including phenoxy) is 1. The molecule has 1 aliphatic heterocycles. The lowest BCUT2D eigenvalue weighted by molar-refractivity contribution is 0.159. The maximum atomic E-state index is 13.5. The molecule has 4 heteroatoms. The predicted octanol–water partition coefficient (Wildman–Crippen LogP) is 3.70. The second-order valence-corrected chi connectivity index (χ2v) is 5.79.